The second-order valence-electron chi connectivity index (χ2n) is 4.82. The van der Waals surface area contributed by atoms with E-state index in [-0.39, 0.29) is 10.6 Å². The Morgan fingerprint density at radius 2 is 2.00 bits per heavy atom. The molecule has 0 unspecified atom stereocenters. The molecular formula is C13H18ClNO2S. The lowest BCUT2D eigenvalue weighted by molar-refractivity contribution is -0.0163. The van der Waals surface area contributed by atoms with Crippen molar-refractivity contribution >= 4 is 28.8 Å². The standard InChI is InChI=1S/C13H18ClNO2S/c1-13(2,3)17-7-6-16-9-4-5-10(12(15)18)11(14)8-9/h4-5,8H,6-7H2,1-3H3,(H2,15,18). The van der Waals surface area contributed by atoms with E-state index < -0.39 is 0 Å². The molecule has 1 rings (SSSR count). The summed E-state index contributed by atoms with van der Waals surface area (Å²) < 4.78 is 11.1. The minimum atomic E-state index is -0.156. The van der Waals surface area contributed by atoms with Gasteiger partial charge in [-0.25, -0.2) is 0 Å². The fourth-order valence-corrected chi connectivity index (χ4v) is 1.80. The van der Waals surface area contributed by atoms with Gasteiger partial charge in [0.1, 0.15) is 17.3 Å². The Hall–Kier alpha value is -0.840. The summed E-state index contributed by atoms with van der Waals surface area (Å²) in [6.07, 6.45) is 0. The van der Waals surface area contributed by atoms with Crippen LogP contribution in [0.5, 0.6) is 5.75 Å². The van der Waals surface area contributed by atoms with E-state index in [1.807, 2.05) is 20.8 Å². The maximum Gasteiger partial charge on any atom is 0.120 e. The van der Waals surface area contributed by atoms with Crippen LogP contribution in [0.3, 0.4) is 0 Å². The molecule has 0 amide bonds. The molecule has 0 aliphatic rings. The molecule has 0 aliphatic heterocycles. The maximum atomic E-state index is 6.03. The Kier molecular flexibility index (Phi) is 5.38. The quantitative estimate of drug-likeness (QED) is 0.667. The minimum Gasteiger partial charge on any atom is -0.491 e. The first kappa shape index (κ1) is 15.2. The highest BCUT2D eigenvalue weighted by atomic mass is 35.5. The van der Waals surface area contributed by atoms with Crippen molar-refractivity contribution in [1.82, 2.24) is 0 Å². The van der Waals surface area contributed by atoms with Crippen molar-refractivity contribution in [3.63, 3.8) is 0 Å². The molecule has 18 heavy (non-hydrogen) atoms. The lowest BCUT2D eigenvalue weighted by atomic mass is 10.2. The Bertz CT molecular complexity index is 429. The molecule has 0 spiro atoms. The molecule has 0 radical (unpaired) electrons. The van der Waals surface area contributed by atoms with Gasteiger partial charge < -0.3 is 15.2 Å². The largest absolute Gasteiger partial charge is 0.491 e. The number of hydrogen-bond donors (Lipinski definition) is 1. The van der Waals surface area contributed by atoms with Crippen LogP contribution >= 0.6 is 23.8 Å². The van der Waals surface area contributed by atoms with Crippen molar-refractivity contribution in [2.45, 2.75) is 26.4 Å². The summed E-state index contributed by atoms with van der Waals surface area (Å²) in [4.78, 5) is 0.280. The normalized spacial score (nSPS) is 11.3. The van der Waals surface area contributed by atoms with E-state index in [9.17, 15) is 0 Å². The van der Waals surface area contributed by atoms with Crippen molar-refractivity contribution in [3.8, 4) is 5.75 Å². The predicted molar refractivity (Wildman–Crippen MR) is 78.5 cm³/mol. The monoisotopic (exact) mass is 287 g/mol. The highest BCUT2D eigenvalue weighted by Gasteiger charge is 2.09. The number of halogens is 1. The first-order chi connectivity index (χ1) is 8.29. The van der Waals surface area contributed by atoms with Crippen LogP contribution < -0.4 is 10.5 Å². The molecule has 0 saturated heterocycles. The summed E-state index contributed by atoms with van der Waals surface area (Å²) in [5, 5.41) is 0.497. The molecule has 0 aromatic heterocycles. The summed E-state index contributed by atoms with van der Waals surface area (Å²) in [7, 11) is 0. The fourth-order valence-electron chi connectivity index (χ4n) is 1.29. The molecule has 0 heterocycles. The van der Waals surface area contributed by atoms with Crippen molar-refractivity contribution in [3.05, 3.63) is 28.8 Å². The lowest BCUT2D eigenvalue weighted by Crippen LogP contribution is -2.22. The fraction of sp³-hybridized carbons (Fsp3) is 0.462. The number of rotatable bonds is 5. The molecular weight excluding hydrogens is 270 g/mol. The first-order valence-corrected chi connectivity index (χ1v) is 6.44. The molecule has 0 fully saturated rings. The number of ether oxygens (including phenoxy) is 2. The smallest absolute Gasteiger partial charge is 0.120 e. The van der Waals surface area contributed by atoms with Gasteiger partial charge in [-0.2, -0.15) is 0 Å². The third-order valence-electron chi connectivity index (χ3n) is 2.09. The summed E-state index contributed by atoms with van der Waals surface area (Å²) >= 11 is 10.9. The molecule has 2 N–H and O–H groups in total. The number of hydrogen-bond acceptors (Lipinski definition) is 3. The first-order valence-electron chi connectivity index (χ1n) is 5.66. The number of nitrogens with two attached hydrogens (primary N) is 1. The van der Waals surface area contributed by atoms with Gasteiger partial charge in [0.05, 0.1) is 17.2 Å². The van der Waals surface area contributed by atoms with Gasteiger partial charge in [0, 0.05) is 5.56 Å². The SMILES string of the molecule is CC(C)(C)OCCOc1ccc(C(N)=S)c(Cl)c1. The molecule has 5 heteroatoms. The van der Waals surface area contributed by atoms with Crippen LogP contribution in [0.1, 0.15) is 26.3 Å². The number of benzene rings is 1. The Morgan fingerprint density at radius 3 is 2.50 bits per heavy atom. The second kappa shape index (κ2) is 6.36. The molecule has 1 aromatic rings. The molecule has 3 nitrogen and oxygen atoms in total. The molecule has 0 aliphatic carbocycles. The third kappa shape index (κ3) is 5.21. The summed E-state index contributed by atoms with van der Waals surface area (Å²) in [5.74, 6) is 0.678. The van der Waals surface area contributed by atoms with Crippen LogP contribution in [0.15, 0.2) is 18.2 Å². The Balaban J connectivity index is 2.49. The van der Waals surface area contributed by atoms with Gasteiger partial charge in [0.25, 0.3) is 0 Å². The minimum absolute atomic E-state index is 0.156. The van der Waals surface area contributed by atoms with Crippen molar-refractivity contribution < 1.29 is 9.47 Å². The Morgan fingerprint density at radius 1 is 1.33 bits per heavy atom. The van der Waals surface area contributed by atoms with Gasteiger partial charge in [-0.15, -0.1) is 0 Å². The van der Waals surface area contributed by atoms with Crippen molar-refractivity contribution in [2.75, 3.05) is 13.2 Å². The summed E-state index contributed by atoms with van der Waals surface area (Å²) in [5.41, 5.74) is 6.02. The topological polar surface area (TPSA) is 44.5 Å². The predicted octanol–water partition coefficient (Wildman–Crippen LogP) is 3.17. The van der Waals surface area contributed by atoms with E-state index >= 15 is 0 Å². The molecule has 0 atom stereocenters. The van der Waals surface area contributed by atoms with Crippen molar-refractivity contribution in [1.29, 1.82) is 0 Å². The van der Waals surface area contributed by atoms with E-state index in [2.05, 4.69) is 0 Å². The summed E-state index contributed by atoms with van der Waals surface area (Å²) in [6, 6.07) is 5.25. The van der Waals surface area contributed by atoms with E-state index in [0.29, 0.717) is 29.5 Å². The zero-order valence-electron chi connectivity index (χ0n) is 10.8. The molecule has 100 valence electrons. The second-order valence-corrected chi connectivity index (χ2v) is 5.66. The highest BCUT2D eigenvalue weighted by Crippen LogP contribution is 2.22. The van der Waals surface area contributed by atoms with Crippen LogP contribution in [0, 0.1) is 0 Å². The average Bonchev–Trinajstić information content (AvgIpc) is 2.22. The highest BCUT2D eigenvalue weighted by molar-refractivity contribution is 7.80. The van der Waals surface area contributed by atoms with Crippen LogP contribution in [-0.2, 0) is 4.74 Å². The van der Waals surface area contributed by atoms with E-state index in [1.165, 1.54) is 0 Å². The van der Waals surface area contributed by atoms with Crippen LogP contribution in [0.2, 0.25) is 5.02 Å². The van der Waals surface area contributed by atoms with Gasteiger partial charge >= 0.3 is 0 Å². The average molecular weight is 288 g/mol. The third-order valence-corrected chi connectivity index (χ3v) is 2.63. The van der Waals surface area contributed by atoms with Crippen LogP contribution in [0.4, 0.5) is 0 Å². The maximum absolute atomic E-state index is 6.03. The molecule has 0 bridgehead atoms. The number of thiocarbonyl (C=S) groups is 1. The van der Waals surface area contributed by atoms with E-state index in [0.717, 1.165) is 0 Å². The Labute approximate surface area is 118 Å². The van der Waals surface area contributed by atoms with Crippen LogP contribution in [0.25, 0.3) is 0 Å². The zero-order valence-corrected chi connectivity index (χ0v) is 12.4. The van der Waals surface area contributed by atoms with Gasteiger partial charge in [-0.1, -0.05) is 23.8 Å². The zero-order chi connectivity index (χ0) is 13.8. The molecule has 0 saturated carbocycles. The van der Waals surface area contributed by atoms with E-state index in [4.69, 9.17) is 39.0 Å². The van der Waals surface area contributed by atoms with Gasteiger partial charge in [0.2, 0.25) is 0 Å². The van der Waals surface area contributed by atoms with Crippen LogP contribution in [-0.4, -0.2) is 23.8 Å². The molecule has 1 aromatic carbocycles. The lowest BCUT2D eigenvalue weighted by Gasteiger charge is -2.19. The van der Waals surface area contributed by atoms with Gasteiger partial charge in [-0.3, -0.25) is 0 Å². The van der Waals surface area contributed by atoms with Crippen molar-refractivity contribution in [2.24, 2.45) is 5.73 Å². The van der Waals surface area contributed by atoms with E-state index in [1.54, 1.807) is 18.2 Å². The van der Waals surface area contributed by atoms with Gasteiger partial charge in [-0.05, 0) is 39.0 Å². The summed E-state index contributed by atoms with van der Waals surface area (Å²) in [6.45, 7) is 7.00. The van der Waals surface area contributed by atoms with Gasteiger partial charge in [0.15, 0.2) is 0 Å².